The fourth-order valence-electron chi connectivity index (χ4n) is 3.30. The smallest absolute Gasteiger partial charge is 0.269 e. The third-order valence-electron chi connectivity index (χ3n) is 3.97. The maximum absolute atomic E-state index is 12.3. The number of rotatable bonds is 3. The second-order valence-electron chi connectivity index (χ2n) is 7.07. The van der Waals surface area contributed by atoms with Crippen molar-refractivity contribution in [3.63, 3.8) is 0 Å². The fraction of sp³-hybridized carbons (Fsp3) is 0.500. The Hall–Kier alpha value is -1.77. The molecule has 21 heavy (non-hydrogen) atoms. The molecule has 0 radical (unpaired) electrons. The summed E-state index contributed by atoms with van der Waals surface area (Å²) in [7, 11) is 0. The van der Waals surface area contributed by atoms with Crippen LogP contribution in [0.3, 0.4) is 0 Å². The summed E-state index contributed by atoms with van der Waals surface area (Å²) in [6, 6.07) is 5.87. The first-order chi connectivity index (χ1) is 9.77. The van der Waals surface area contributed by atoms with Crippen molar-refractivity contribution in [2.24, 2.45) is 11.3 Å². The van der Waals surface area contributed by atoms with E-state index in [0.717, 1.165) is 23.2 Å². The highest BCUT2D eigenvalue weighted by Crippen LogP contribution is 2.35. The van der Waals surface area contributed by atoms with E-state index in [2.05, 4.69) is 37.7 Å². The Morgan fingerprint density at radius 1 is 1.29 bits per heavy atom. The summed E-state index contributed by atoms with van der Waals surface area (Å²) in [6.07, 6.45) is 4.40. The standard InChI is InChI=1S/C18H26N2O/c1-12-6-7-16(14(3)8-12)17(21)20-19-15-9-13(2)10-18(4,5)11-15/h6-8,11,13,19H,9-10H2,1-5H3,(H,20,21)/t13-/m1/s1. The molecular weight excluding hydrogens is 260 g/mol. The largest absolute Gasteiger partial charge is 0.303 e. The van der Waals surface area contributed by atoms with Crippen molar-refractivity contribution in [1.29, 1.82) is 0 Å². The molecule has 0 unspecified atom stereocenters. The zero-order chi connectivity index (χ0) is 15.6. The molecule has 2 N–H and O–H groups in total. The second kappa shape index (κ2) is 5.92. The summed E-state index contributed by atoms with van der Waals surface area (Å²) < 4.78 is 0. The van der Waals surface area contributed by atoms with Crippen LogP contribution in [0.4, 0.5) is 0 Å². The van der Waals surface area contributed by atoms with Gasteiger partial charge in [0.15, 0.2) is 0 Å². The van der Waals surface area contributed by atoms with Gasteiger partial charge in [0.2, 0.25) is 0 Å². The third kappa shape index (κ3) is 4.10. The lowest BCUT2D eigenvalue weighted by Crippen LogP contribution is -2.39. The minimum atomic E-state index is -0.0792. The van der Waals surface area contributed by atoms with Crippen LogP contribution in [0.25, 0.3) is 0 Å². The van der Waals surface area contributed by atoms with E-state index >= 15 is 0 Å². The van der Waals surface area contributed by atoms with Gasteiger partial charge in [0.1, 0.15) is 0 Å². The van der Waals surface area contributed by atoms with Crippen molar-refractivity contribution < 1.29 is 4.79 Å². The van der Waals surface area contributed by atoms with Crippen LogP contribution < -0.4 is 10.9 Å². The second-order valence-corrected chi connectivity index (χ2v) is 7.07. The van der Waals surface area contributed by atoms with Gasteiger partial charge in [0, 0.05) is 11.3 Å². The first-order valence-corrected chi connectivity index (χ1v) is 7.62. The number of hydrogen-bond donors (Lipinski definition) is 2. The number of carbonyl (C=O) groups is 1. The lowest BCUT2D eigenvalue weighted by atomic mass is 9.76. The summed E-state index contributed by atoms with van der Waals surface area (Å²) in [4.78, 5) is 12.3. The Morgan fingerprint density at radius 3 is 2.62 bits per heavy atom. The summed E-state index contributed by atoms with van der Waals surface area (Å²) in [6.45, 7) is 10.7. The van der Waals surface area contributed by atoms with Gasteiger partial charge >= 0.3 is 0 Å². The molecule has 0 fully saturated rings. The van der Waals surface area contributed by atoms with E-state index < -0.39 is 0 Å². The average molecular weight is 286 g/mol. The van der Waals surface area contributed by atoms with Gasteiger partial charge in [0.05, 0.1) is 0 Å². The van der Waals surface area contributed by atoms with Gasteiger partial charge in [-0.2, -0.15) is 0 Å². The van der Waals surface area contributed by atoms with Crippen LogP contribution in [-0.2, 0) is 0 Å². The summed E-state index contributed by atoms with van der Waals surface area (Å²) in [5.41, 5.74) is 10.1. The van der Waals surface area contributed by atoms with E-state index in [9.17, 15) is 4.79 Å². The Labute approximate surface area is 127 Å². The Kier molecular flexibility index (Phi) is 4.40. The predicted molar refractivity (Wildman–Crippen MR) is 86.8 cm³/mol. The highest BCUT2D eigenvalue weighted by molar-refractivity contribution is 5.95. The summed E-state index contributed by atoms with van der Waals surface area (Å²) in [5, 5.41) is 0. The first-order valence-electron chi connectivity index (χ1n) is 7.62. The topological polar surface area (TPSA) is 41.1 Å². The molecule has 0 bridgehead atoms. The third-order valence-corrected chi connectivity index (χ3v) is 3.97. The minimum absolute atomic E-state index is 0.0792. The zero-order valence-electron chi connectivity index (χ0n) is 13.7. The van der Waals surface area contributed by atoms with Crippen LogP contribution >= 0.6 is 0 Å². The van der Waals surface area contributed by atoms with Gasteiger partial charge in [-0.15, -0.1) is 0 Å². The average Bonchev–Trinajstić information content (AvgIpc) is 2.33. The lowest BCUT2D eigenvalue weighted by Gasteiger charge is -2.32. The molecule has 1 amide bonds. The fourth-order valence-corrected chi connectivity index (χ4v) is 3.30. The minimum Gasteiger partial charge on any atom is -0.303 e. The number of allylic oxidation sites excluding steroid dienone is 2. The Balaban J connectivity index is 2.03. The van der Waals surface area contributed by atoms with Crippen molar-refractivity contribution in [3.05, 3.63) is 46.7 Å². The van der Waals surface area contributed by atoms with Crippen molar-refractivity contribution in [2.75, 3.05) is 0 Å². The van der Waals surface area contributed by atoms with E-state index in [1.54, 1.807) is 0 Å². The molecule has 1 aromatic carbocycles. The highest BCUT2D eigenvalue weighted by Gasteiger charge is 2.25. The van der Waals surface area contributed by atoms with Crippen LogP contribution in [0.2, 0.25) is 0 Å². The monoisotopic (exact) mass is 286 g/mol. The number of aryl methyl sites for hydroxylation is 2. The predicted octanol–water partition coefficient (Wildman–Crippen LogP) is 3.88. The molecule has 3 heteroatoms. The molecular formula is C18H26N2O. The zero-order valence-corrected chi connectivity index (χ0v) is 13.7. The SMILES string of the molecule is Cc1ccc(C(=O)NNC2=CC(C)(C)C[C@H](C)C2)c(C)c1. The van der Waals surface area contributed by atoms with E-state index in [1.807, 2.05) is 32.0 Å². The number of hydrazine groups is 1. The van der Waals surface area contributed by atoms with Crippen LogP contribution in [0.1, 0.15) is 55.1 Å². The molecule has 0 heterocycles. The molecule has 0 spiro atoms. The van der Waals surface area contributed by atoms with Crippen molar-refractivity contribution >= 4 is 5.91 Å². The van der Waals surface area contributed by atoms with E-state index in [-0.39, 0.29) is 11.3 Å². The highest BCUT2D eigenvalue weighted by atomic mass is 16.2. The van der Waals surface area contributed by atoms with Crippen molar-refractivity contribution in [3.8, 4) is 0 Å². The summed E-state index contributed by atoms with van der Waals surface area (Å²) in [5.74, 6) is 0.551. The Bertz CT molecular complexity index is 573. The van der Waals surface area contributed by atoms with Gasteiger partial charge in [0.25, 0.3) is 5.91 Å². The van der Waals surface area contributed by atoms with E-state index in [4.69, 9.17) is 0 Å². The molecule has 0 aliphatic heterocycles. The van der Waals surface area contributed by atoms with Crippen LogP contribution in [0, 0.1) is 25.2 Å². The van der Waals surface area contributed by atoms with Crippen LogP contribution in [0.5, 0.6) is 0 Å². The van der Waals surface area contributed by atoms with Gasteiger partial charge in [-0.1, -0.05) is 44.5 Å². The Morgan fingerprint density at radius 2 is 2.00 bits per heavy atom. The molecule has 0 saturated carbocycles. The molecule has 1 aliphatic rings. The van der Waals surface area contributed by atoms with E-state index in [1.165, 1.54) is 12.0 Å². The van der Waals surface area contributed by atoms with Gasteiger partial charge in [-0.05, 0) is 49.7 Å². The number of benzene rings is 1. The summed E-state index contributed by atoms with van der Waals surface area (Å²) >= 11 is 0. The molecule has 0 aromatic heterocycles. The molecule has 1 aliphatic carbocycles. The maximum Gasteiger partial charge on any atom is 0.269 e. The number of nitrogens with one attached hydrogen (secondary N) is 2. The van der Waals surface area contributed by atoms with Crippen molar-refractivity contribution in [1.82, 2.24) is 10.9 Å². The van der Waals surface area contributed by atoms with Crippen LogP contribution in [-0.4, -0.2) is 5.91 Å². The quantitative estimate of drug-likeness (QED) is 0.828. The first kappa shape index (κ1) is 15.6. The lowest BCUT2D eigenvalue weighted by molar-refractivity contribution is 0.0935. The van der Waals surface area contributed by atoms with Crippen LogP contribution in [0.15, 0.2) is 30.0 Å². The number of carbonyl (C=O) groups excluding carboxylic acids is 1. The van der Waals surface area contributed by atoms with Gasteiger partial charge in [-0.3, -0.25) is 10.2 Å². The van der Waals surface area contributed by atoms with E-state index in [0.29, 0.717) is 5.92 Å². The maximum atomic E-state index is 12.3. The van der Waals surface area contributed by atoms with Crippen molar-refractivity contribution in [2.45, 2.75) is 47.5 Å². The number of amides is 1. The normalized spacial score (nSPS) is 20.6. The number of hydrogen-bond acceptors (Lipinski definition) is 2. The molecule has 1 atom stereocenters. The van der Waals surface area contributed by atoms with Gasteiger partial charge in [-0.25, -0.2) is 0 Å². The molecule has 3 nitrogen and oxygen atoms in total. The van der Waals surface area contributed by atoms with Gasteiger partial charge < -0.3 is 5.43 Å². The molecule has 1 aromatic rings. The molecule has 2 rings (SSSR count). The molecule has 0 saturated heterocycles. The molecule has 114 valence electrons.